The van der Waals surface area contributed by atoms with Crippen molar-refractivity contribution in [2.45, 2.75) is 32.2 Å². The Morgan fingerprint density at radius 2 is 2.10 bits per heavy atom. The lowest BCUT2D eigenvalue weighted by atomic mass is 9.87. The Labute approximate surface area is 119 Å². The fraction of sp³-hybridized carbons (Fsp3) is 0.533. The fourth-order valence-electron chi connectivity index (χ4n) is 2.21. The van der Waals surface area contributed by atoms with Gasteiger partial charge in [0.05, 0.1) is 31.7 Å². The van der Waals surface area contributed by atoms with E-state index >= 15 is 0 Å². The van der Waals surface area contributed by atoms with Gasteiger partial charge in [-0.2, -0.15) is 0 Å². The zero-order valence-corrected chi connectivity index (χ0v) is 12.5. The number of esters is 1. The summed E-state index contributed by atoms with van der Waals surface area (Å²) < 4.78 is 24.2. The lowest BCUT2D eigenvalue weighted by Crippen LogP contribution is -2.43. The van der Waals surface area contributed by atoms with Crippen molar-refractivity contribution in [3.8, 4) is 5.75 Å². The van der Waals surface area contributed by atoms with Gasteiger partial charge in [-0.25, -0.2) is 4.39 Å². The number of carbonyl (C=O) groups is 1. The summed E-state index contributed by atoms with van der Waals surface area (Å²) in [6.07, 6.45) is 0.897. The van der Waals surface area contributed by atoms with Gasteiger partial charge in [0.15, 0.2) is 0 Å². The number of halogens is 1. The number of benzene rings is 1. The molecule has 5 heteroatoms. The predicted octanol–water partition coefficient (Wildman–Crippen LogP) is 2.61. The molecule has 1 N–H and O–H groups in total. The zero-order valence-electron chi connectivity index (χ0n) is 12.5. The smallest absolute Gasteiger partial charge is 0.307 e. The summed E-state index contributed by atoms with van der Waals surface area (Å²) in [5, 5.41) is 3.22. The predicted molar refractivity (Wildman–Crippen MR) is 75.2 cm³/mol. The topological polar surface area (TPSA) is 47.6 Å². The summed E-state index contributed by atoms with van der Waals surface area (Å²) in [5.41, 5.74) is -0.527. The first-order valence-corrected chi connectivity index (χ1v) is 6.63. The number of methoxy groups -OCH3 is 2. The normalized spacial score (nSPS) is 13.7. The molecule has 0 aliphatic rings. The van der Waals surface area contributed by atoms with Crippen LogP contribution in [0.3, 0.4) is 0 Å². The van der Waals surface area contributed by atoms with Crippen molar-refractivity contribution in [1.82, 2.24) is 5.32 Å². The molecule has 0 fully saturated rings. The Balaban J connectivity index is 3.25. The Hall–Kier alpha value is -1.62. The molecule has 0 spiro atoms. The third-order valence-corrected chi connectivity index (χ3v) is 3.24. The average molecular weight is 283 g/mol. The molecule has 1 aromatic rings. The van der Waals surface area contributed by atoms with Gasteiger partial charge >= 0.3 is 5.97 Å². The van der Waals surface area contributed by atoms with E-state index in [0.29, 0.717) is 17.9 Å². The number of hydrogen-bond donors (Lipinski definition) is 1. The number of ether oxygens (including phenoxy) is 2. The molecule has 0 aliphatic carbocycles. The lowest BCUT2D eigenvalue weighted by molar-refractivity contribution is -0.142. The van der Waals surface area contributed by atoms with Gasteiger partial charge in [0.2, 0.25) is 0 Å². The van der Waals surface area contributed by atoms with Crippen molar-refractivity contribution in [2.24, 2.45) is 0 Å². The molecule has 0 amide bonds. The maximum absolute atomic E-state index is 14.2. The van der Waals surface area contributed by atoms with Gasteiger partial charge in [0, 0.05) is 0 Å². The molecule has 20 heavy (non-hydrogen) atoms. The highest BCUT2D eigenvalue weighted by atomic mass is 19.1. The van der Waals surface area contributed by atoms with E-state index in [2.05, 4.69) is 5.32 Å². The second kappa shape index (κ2) is 7.24. The second-order valence-electron chi connectivity index (χ2n) is 4.83. The van der Waals surface area contributed by atoms with E-state index in [-0.39, 0.29) is 6.42 Å². The average Bonchev–Trinajstić information content (AvgIpc) is 2.44. The Bertz CT molecular complexity index is 464. The third kappa shape index (κ3) is 3.70. The van der Waals surface area contributed by atoms with Gasteiger partial charge in [-0.1, -0.05) is 13.0 Å². The fourth-order valence-corrected chi connectivity index (χ4v) is 2.21. The largest absolute Gasteiger partial charge is 0.496 e. The van der Waals surface area contributed by atoms with Crippen LogP contribution in [0.1, 0.15) is 32.3 Å². The van der Waals surface area contributed by atoms with Gasteiger partial charge in [-0.05, 0) is 32.0 Å². The number of nitrogens with one attached hydrogen (secondary N) is 1. The Kier molecular flexibility index (Phi) is 5.95. The maximum atomic E-state index is 14.2. The van der Waals surface area contributed by atoms with E-state index in [1.165, 1.54) is 20.3 Å². The van der Waals surface area contributed by atoms with Crippen LogP contribution in [-0.2, 0) is 15.1 Å². The molecule has 1 atom stereocenters. The molecule has 4 nitrogen and oxygen atoms in total. The SMILES string of the molecule is CCCNC(C)(CC(=O)OC)c1c(F)cccc1OC. The molecule has 0 heterocycles. The highest BCUT2D eigenvalue weighted by molar-refractivity contribution is 5.71. The Morgan fingerprint density at radius 1 is 1.40 bits per heavy atom. The van der Waals surface area contributed by atoms with E-state index in [1.54, 1.807) is 19.1 Å². The summed E-state index contributed by atoms with van der Waals surface area (Å²) in [6.45, 7) is 4.44. The minimum atomic E-state index is -0.875. The van der Waals surface area contributed by atoms with Crippen LogP contribution in [0.25, 0.3) is 0 Å². The minimum absolute atomic E-state index is 0.0286. The van der Waals surface area contributed by atoms with Crippen molar-refractivity contribution >= 4 is 5.97 Å². The van der Waals surface area contributed by atoms with Crippen molar-refractivity contribution < 1.29 is 18.7 Å². The van der Waals surface area contributed by atoms with Crippen LogP contribution >= 0.6 is 0 Å². The summed E-state index contributed by atoms with van der Waals surface area (Å²) in [7, 11) is 2.80. The van der Waals surface area contributed by atoms with Crippen LogP contribution < -0.4 is 10.1 Å². The minimum Gasteiger partial charge on any atom is -0.496 e. The third-order valence-electron chi connectivity index (χ3n) is 3.24. The van der Waals surface area contributed by atoms with Gasteiger partial charge in [0.25, 0.3) is 0 Å². The number of carbonyl (C=O) groups excluding carboxylic acids is 1. The van der Waals surface area contributed by atoms with Crippen LogP contribution in [0.4, 0.5) is 4.39 Å². The quantitative estimate of drug-likeness (QED) is 0.781. The summed E-state index contributed by atoms with van der Waals surface area (Å²) in [4.78, 5) is 11.6. The van der Waals surface area contributed by atoms with Crippen LogP contribution in [0, 0.1) is 5.82 Å². The highest BCUT2D eigenvalue weighted by Gasteiger charge is 2.34. The molecule has 0 saturated heterocycles. The zero-order chi connectivity index (χ0) is 15.2. The van der Waals surface area contributed by atoms with Crippen LogP contribution in [-0.4, -0.2) is 26.7 Å². The Morgan fingerprint density at radius 3 is 2.65 bits per heavy atom. The van der Waals surface area contributed by atoms with Gasteiger partial charge in [0.1, 0.15) is 11.6 Å². The first-order valence-electron chi connectivity index (χ1n) is 6.63. The van der Waals surface area contributed by atoms with Crippen LogP contribution in [0.2, 0.25) is 0 Å². The molecule has 1 aromatic carbocycles. The van der Waals surface area contributed by atoms with Crippen molar-refractivity contribution in [2.75, 3.05) is 20.8 Å². The van der Waals surface area contributed by atoms with Gasteiger partial charge in [-0.15, -0.1) is 0 Å². The number of rotatable bonds is 7. The summed E-state index contributed by atoms with van der Waals surface area (Å²) >= 11 is 0. The summed E-state index contributed by atoms with van der Waals surface area (Å²) in [6, 6.07) is 4.62. The van der Waals surface area contributed by atoms with Gasteiger partial charge in [-0.3, -0.25) is 4.79 Å². The molecule has 0 bridgehead atoms. The van der Waals surface area contributed by atoms with E-state index in [1.807, 2.05) is 6.92 Å². The van der Waals surface area contributed by atoms with Crippen molar-refractivity contribution in [3.05, 3.63) is 29.6 Å². The standard InChI is InChI=1S/C15H22FNO3/c1-5-9-17-15(2,10-13(18)20-4)14-11(16)7-6-8-12(14)19-3/h6-8,17H,5,9-10H2,1-4H3. The van der Waals surface area contributed by atoms with E-state index in [9.17, 15) is 9.18 Å². The summed E-state index contributed by atoms with van der Waals surface area (Å²) in [5.74, 6) is -0.388. The van der Waals surface area contributed by atoms with Crippen molar-refractivity contribution in [3.63, 3.8) is 0 Å². The van der Waals surface area contributed by atoms with E-state index < -0.39 is 17.3 Å². The molecule has 0 aliphatic heterocycles. The number of hydrogen-bond acceptors (Lipinski definition) is 4. The highest BCUT2D eigenvalue weighted by Crippen LogP contribution is 2.35. The van der Waals surface area contributed by atoms with Gasteiger partial charge < -0.3 is 14.8 Å². The second-order valence-corrected chi connectivity index (χ2v) is 4.83. The maximum Gasteiger partial charge on any atom is 0.307 e. The molecule has 1 unspecified atom stereocenters. The van der Waals surface area contributed by atoms with E-state index in [4.69, 9.17) is 9.47 Å². The van der Waals surface area contributed by atoms with Crippen molar-refractivity contribution in [1.29, 1.82) is 0 Å². The molecule has 0 aromatic heterocycles. The first-order chi connectivity index (χ1) is 9.48. The molecule has 112 valence electrons. The molecule has 0 radical (unpaired) electrons. The lowest BCUT2D eigenvalue weighted by Gasteiger charge is -2.32. The molecule has 0 saturated carbocycles. The van der Waals surface area contributed by atoms with Crippen LogP contribution in [0.15, 0.2) is 18.2 Å². The van der Waals surface area contributed by atoms with Crippen LogP contribution in [0.5, 0.6) is 5.75 Å². The molecular formula is C15H22FNO3. The first kappa shape index (κ1) is 16.4. The molecule has 1 rings (SSSR count). The van der Waals surface area contributed by atoms with E-state index in [0.717, 1.165) is 6.42 Å². The molecular weight excluding hydrogens is 261 g/mol. The monoisotopic (exact) mass is 283 g/mol.